The minimum absolute atomic E-state index is 0.0314. The molecule has 0 fully saturated rings. The van der Waals surface area contributed by atoms with Gasteiger partial charge >= 0.3 is 0 Å². The molecular weight excluding hydrogens is 394 g/mol. The van der Waals surface area contributed by atoms with Crippen LogP contribution in [0.4, 0.5) is 0 Å². The van der Waals surface area contributed by atoms with Gasteiger partial charge in [0.15, 0.2) is 5.78 Å². The molecule has 160 valence electrons. The Kier molecular flexibility index (Phi) is 6.86. The number of rotatable bonds is 9. The maximum absolute atomic E-state index is 12.6. The predicted octanol–water partition coefficient (Wildman–Crippen LogP) is 3.06. The first kappa shape index (κ1) is 21.5. The van der Waals surface area contributed by atoms with E-state index in [-0.39, 0.29) is 53.8 Å². The highest BCUT2D eigenvalue weighted by Gasteiger charge is 2.31. The average molecular weight is 417 g/mol. The number of hydrogen-bond donors (Lipinski definition) is 3. The SMILES string of the molecule is COC(CO)CC[C@H](N=O)Oc1cc(O)c2c(c1)OC(c1ccc(O)cc1)CC2=O. The summed E-state index contributed by atoms with van der Waals surface area (Å²) in [5.41, 5.74) is 0.743. The molecule has 1 heterocycles. The number of aromatic hydroxyl groups is 2. The minimum Gasteiger partial charge on any atom is -0.508 e. The zero-order valence-electron chi connectivity index (χ0n) is 16.4. The van der Waals surface area contributed by atoms with Crippen molar-refractivity contribution in [3.8, 4) is 23.0 Å². The first-order chi connectivity index (χ1) is 14.4. The Morgan fingerprint density at radius 1 is 1.20 bits per heavy atom. The highest BCUT2D eigenvalue weighted by Crippen LogP contribution is 2.42. The van der Waals surface area contributed by atoms with E-state index in [1.807, 2.05) is 0 Å². The lowest BCUT2D eigenvalue weighted by atomic mass is 9.95. The molecule has 0 bridgehead atoms. The molecule has 0 spiro atoms. The Morgan fingerprint density at radius 2 is 1.93 bits per heavy atom. The van der Waals surface area contributed by atoms with Gasteiger partial charge in [0.05, 0.1) is 19.1 Å². The van der Waals surface area contributed by atoms with Gasteiger partial charge in [-0.3, -0.25) is 4.79 Å². The van der Waals surface area contributed by atoms with Gasteiger partial charge in [0, 0.05) is 25.7 Å². The van der Waals surface area contributed by atoms with E-state index in [0.29, 0.717) is 12.0 Å². The number of ketones is 1. The second kappa shape index (κ2) is 9.55. The van der Waals surface area contributed by atoms with Crippen molar-refractivity contribution in [2.75, 3.05) is 13.7 Å². The molecule has 2 aromatic rings. The lowest BCUT2D eigenvalue weighted by Crippen LogP contribution is -2.22. The van der Waals surface area contributed by atoms with E-state index in [0.717, 1.165) is 0 Å². The molecule has 3 N–H and O–H groups in total. The van der Waals surface area contributed by atoms with Crippen molar-refractivity contribution in [3.63, 3.8) is 0 Å². The minimum atomic E-state index is -1.07. The molecule has 1 aliphatic rings. The number of aliphatic hydroxyl groups is 1. The summed E-state index contributed by atoms with van der Waals surface area (Å²) in [5.74, 6) is -0.262. The third-order valence-corrected chi connectivity index (χ3v) is 4.90. The molecular formula is C21H23NO8. The number of hydrogen-bond acceptors (Lipinski definition) is 9. The molecule has 0 aromatic heterocycles. The highest BCUT2D eigenvalue weighted by atomic mass is 16.5. The number of phenols is 2. The van der Waals surface area contributed by atoms with Crippen LogP contribution in [0.1, 0.15) is 41.3 Å². The standard InChI is InChI=1S/C21H23NO8/c1-28-14(11-23)6-7-20(22-27)29-15-8-16(25)21-17(26)10-18(30-19(21)9-15)12-2-4-13(24)5-3-12/h2-5,8-9,14,18,20,23-25H,6-7,10-11H2,1H3/t14?,18?,20-/m1/s1. The third kappa shape index (κ3) is 4.87. The molecule has 0 saturated carbocycles. The van der Waals surface area contributed by atoms with Crippen molar-refractivity contribution in [1.82, 2.24) is 0 Å². The van der Waals surface area contributed by atoms with E-state index in [1.54, 1.807) is 12.1 Å². The topological polar surface area (TPSA) is 135 Å². The van der Waals surface area contributed by atoms with Crippen molar-refractivity contribution in [3.05, 3.63) is 52.4 Å². The van der Waals surface area contributed by atoms with Crippen LogP contribution >= 0.6 is 0 Å². The van der Waals surface area contributed by atoms with Crippen LogP contribution in [-0.4, -0.2) is 47.2 Å². The number of aliphatic hydroxyl groups excluding tert-OH is 1. The first-order valence-electron chi connectivity index (χ1n) is 9.43. The molecule has 1 aliphatic heterocycles. The van der Waals surface area contributed by atoms with E-state index in [1.165, 1.54) is 31.4 Å². The molecule has 9 heteroatoms. The van der Waals surface area contributed by atoms with Crippen LogP contribution in [0.25, 0.3) is 0 Å². The number of ether oxygens (including phenoxy) is 3. The highest BCUT2D eigenvalue weighted by molar-refractivity contribution is 6.02. The normalized spacial score (nSPS) is 17.5. The molecule has 30 heavy (non-hydrogen) atoms. The van der Waals surface area contributed by atoms with E-state index >= 15 is 0 Å². The van der Waals surface area contributed by atoms with Crippen LogP contribution in [0, 0.1) is 4.91 Å². The molecule has 0 saturated heterocycles. The summed E-state index contributed by atoms with van der Waals surface area (Å²) in [5, 5.41) is 31.8. The molecule has 2 unspecified atom stereocenters. The molecule has 3 atom stereocenters. The van der Waals surface area contributed by atoms with Crippen molar-refractivity contribution in [2.24, 2.45) is 5.18 Å². The fraction of sp³-hybridized carbons (Fsp3) is 0.381. The van der Waals surface area contributed by atoms with Gasteiger partial charge in [0.25, 0.3) is 0 Å². The van der Waals surface area contributed by atoms with Gasteiger partial charge in [0.1, 0.15) is 34.7 Å². The van der Waals surface area contributed by atoms with E-state index in [4.69, 9.17) is 19.3 Å². The third-order valence-electron chi connectivity index (χ3n) is 4.90. The van der Waals surface area contributed by atoms with Gasteiger partial charge in [-0.15, -0.1) is 4.91 Å². The number of carbonyl (C=O) groups excluding carboxylic acids is 1. The summed E-state index contributed by atoms with van der Waals surface area (Å²) in [6.07, 6.45) is -1.54. The molecule has 0 radical (unpaired) electrons. The number of benzene rings is 2. The van der Waals surface area contributed by atoms with Gasteiger partial charge < -0.3 is 29.5 Å². The Hall–Kier alpha value is -3.17. The van der Waals surface area contributed by atoms with Gasteiger partial charge in [-0.05, 0) is 29.3 Å². The Bertz CT molecular complexity index is 895. The van der Waals surface area contributed by atoms with Crippen LogP contribution in [0.3, 0.4) is 0 Å². The average Bonchev–Trinajstić information content (AvgIpc) is 2.73. The zero-order chi connectivity index (χ0) is 21.7. The molecule has 3 rings (SSSR count). The lowest BCUT2D eigenvalue weighted by Gasteiger charge is -2.27. The Balaban J connectivity index is 1.78. The maximum Gasteiger partial charge on any atom is 0.229 e. The quantitative estimate of drug-likeness (QED) is 0.530. The Morgan fingerprint density at radius 3 is 2.57 bits per heavy atom. The van der Waals surface area contributed by atoms with Gasteiger partial charge in [-0.2, -0.15) is 0 Å². The van der Waals surface area contributed by atoms with Crippen LogP contribution < -0.4 is 9.47 Å². The molecule has 0 aliphatic carbocycles. The van der Waals surface area contributed by atoms with Crippen molar-refractivity contribution in [2.45, 2.75) is 37.7 Å². The maximum atomic E-state index is 12.6. The second-order valence-corrected chi connectivity index (χ2v) is 6.94. The van der Waals surface area contributed by atoms with Crippen molar-refractivity contribution >= 4 is 5.78 Å². The number of phenolic OH excluding ortho intramolecular Hbond substituents is 2. The number of nitrogens with zero attached hydrogens (tertiary/aromatic N) is 1. The summed E-state index contributed by atoms with van der Waals surface area (Å²) >= 11 is 0. The fourth-order valence-electron chi connectivity index (χ4n) is 3.26. The summed E-state index contributed by atoms with van der Waals surface area (Å²) in [4.78, 5) is 23.7. The number of fused-ring (bicyclic) bond motifs is 1. The largest absolute Gasteiger partial charge is 0.508 e. The summed E-state index contributed by atoms with van der Waals surface area (Å²) in [6, 6.07) is 8.96. The summed E-state index contributed by atoms with van der Waals surface area (Å²) in [6.45, 7) is -0.198. The van der Waals surface area contributed by atoms with Crippen LogP contribution in [0.15, 0.2) is 41.6 Å². The smallest absolute Gasteiger partial charge is 0.229 e. The summed E-state index contributed by atoms with van der Waals surface area (Å²) < 4.78 is 16.5. The monoisotopic (exact) mass is 417 g/mol. The van der Waals surface area contributed by atoms with Crippen LogP contribution in [0.2, 0.25) is 0 Å². The second-order valence-electron chi connectivity index (χ2n) is 6.94. The van der Waals surface area contributed by atoms with E-state index in [2.05, 4.69) is 5.18 Å². The number of Topliss-reactive ketones (excluding diaryl/α,β-unsaturated/α-hetero) is 1. The van der Waals surface area contributed by atoms with Gasteiger partial charge in [0.2, 0.25) is 6.23 Å². The lowest BCUT2D eigenvalue weighted by molar-refractivity contribution is 0.0339. The number of methoxy groups -OCH3 is 1. The zero-order valence-corrected chi connectivity index (χ0v) is 16.4. The van der Waals surface area contributed by atoms with Crippen molar-refractivity contribution in [1.29, 1.82) is 0 Å². The number of nitroso groups, excluding NO2 is 1. The predicted molar refractivity (Wildman–Crippen MR) is 106 cm³/mol. The van der Waals surface area contributed by atoms with E-state index in [9.17, 15) is 19.9 Å². The van der Waals surface area contributed by atoms with Crippen molar-refractivity contribution < 1.29 is 34.3 Å². The van der Waals surface area contributed by atoms with Gasteiger partial charge in [-0.25, -0.2) is 0 Å². The Labute approximate surface area is 172 Å². The molecule has 0 amide bonds. The summed E-state index contributed by atoms with van der Waals surface area (Å²) in [7, 11) is 1.45. The first-order valence-corrected chi connectivity index (χ1v) is 9.43. The number of carbonyl (C=O) groups is 1. The molecule has 9 nitrogen and oxygen atoms in total. The fourth-order valence-corrected chi connectivity index (χ4v) is 3.26. The molecule has 2 aromatic carbocycles. The van der Waals surface area contributed by atoms with Gasteiger partial charge in [-0.1, -0.05) is 12.1 Å². The van der Waals surface area contributed by atoms with E-state index < -0.39 is 18.4 Å². The van der Waals surface area contributed by atoms with Crippen LogP contribution in [-0.2, 0) is 4.74 Å². The van der Waals surface area contributed by atoms with Crippen LogP contribution in [0.5, 0.6) is 23.0 Å².